The van der Waals surface area contributed by atoms with Gasteiger partial charge in [-0.15, -0.1) is 11.3 Å². The highest BCUT2D eigenvalue weighted by atomic mass is 32.1. The number of hydrogen-bond donors (Lipinski definition) is 0. The van der Waals surface area contributed by atoms with Crippen molar-refractivity contribution in [1.29, 1.82) is 0 Å². The summed E-state index contributed by atoms with van der Waals surface area (Å²) in [6, 6.07) is 3.63. The van der Waals surface area contributed by atoms with Gasteiger partial charge in [-0.05, 0) is 26.0 Å². The van der Waals surface area contributed by atoms with Gasteiger partial charge in [0, 0.05) is 22.8 Å². The van der Waals surface area contributed by atoms with Crippen LogP contribution >= 0.6 is 11.3 Å². The summed E-state index contributed by atoms with van der Waals surface area (Å²) in [6.07, 6.45) is 3.32. The Balaban J connectivity index is 2.04. The van der Waals surface area contributed by atoms with E-state index in [1.807, 2.05) is 19.9 Å². The van der Waals surface area contributed by atoms with Crippen molar-refractivity contribution in [2.24, 2.45) is 0 Å². The van der Waals surface area contributed by atoms with Gasteiger partial charge in [-0.1, -0.05) is 5.16 Å². The number of aromatic nitrogens is 4. The average molecular weight is 288 g/mol. The number of nitrogens with zero attached hydrogens (tertiary/aromatic N) is 4. The summed E-state index contributed by atoms with van der Waals surface area (Å²) < 4.78 is 6.28. The van der Waals surface area contributed by atoms with Gasteiger partial charge in [0.05, 0.1) is 17.2 Å². The summed E-state index contributed by atoms with van der Waals surface area (Å²) in [6.45, 7) is 4.28. The Morgan fingerprint density at radius 1 is 1.40 bits per heavy atom. The molecule has 0 aliphatic rings. The Morgan fingerprint density at radius 3 is 2.90 bits per heavy atom. The van der Waals surface area contributed by atoms with E-state index in [4.69, 9.17) is 4.52 Å². The molecule has 0 amide bonds. The summed E-state index contributed by atoms with van der Waals surface area (Å²) in [5, 5.41) is 4.82. The molecule has 0 aromatic carbocycles. The first-order chi connectivity index (χ1) is 9.65. The standard InChI is InChI=1S/C13H12N4O2S/c1-8-11(20-9(2)15-8)7-17-12(16-19-13(17)18)10-4-3-5-14-6-10/h3-6H,7H2,1-2H3. The first-order valence-corrected chi connectivity index (χ1v) is 6.86. The molecule has 0 atom stereocenters. The van der Waals surface area contributed by atoms with Crippen molar-refractivity contribution < 1.29 is 4.52 Å². The fraction of sp³-hybridized carbons (Fsp3) is 0.231. The minimum atomic E-state index is -0.477. The molecule has 102 valence electrons. The van der Waals surface area contributed by atoms with E-state index in [0.717, 1.165) is 21.1 Å². The highest BCUT2D eigenvalue weighted by Gasteiger charge is 2.15. The molecule has 0 spiro atoms. The Hall–Kier alpha value is -2.28. The number of thiazole rings is 1. The van der Waals surface area contributed by atoms with Crippen molar-refractivity contribution in [3.63, 3.8) is 0 Å². The fourth-order valence-electron chi connectivity index (χ4n) is 1.97. The lowest BCUT2D eigenvalue weighted by atomic mass is 10.2. The predicted molar refractivity (Wildman–Crippen MR) is 74.7 cm³/mol. The molecule has 3 aromatic rings. The normalized spacial score (nSPS) is 10.9. The van der Waals surface area contributed by atoms with E-state index in [1.54, 1.807) is 29.8 Å². The maximum Gasteiger partial charge on any atom is 0.442 e. The highest BCUT2D eigenvalue weighted by Crippen LogP contribution is 2.21. The Bertz CT molecular complexity index is 788. The first kappa shape index (κ1) is 12.7. The zero-order valence-corrected chi connectivity index (χ0v) is 11.8. The first-order valence-electron chi connectivity index (χ1n) is 6.05. The molecule has 0 bridgehead atoms. The molecule has 0 aliphatic heterocycles. The van der Waals surface area contributed by atoms with Gasteiger partial charge in [0.1, 0.15) is 0 Å². The minimum Gasteiger partial charge on any atom is -0.295 e. The molecule has 0 radical (unpaired) electrons. The molecule has 3 rings (SSSR count). The quantitative estimate of drug-likeness (QED) is 0.737. The van der Waals surface area contributed by atoms with Gasteiger partial charge in [0.15, 0.2) is 5.82 Å². The van der Waals surface area contributed by atoms with Crippen molar-refractivity contribution in [2.45, 2.75) is 20.4 Å². The highest BCUT2D eigenvalue weighted by molar-refractivity contribution is 7.11. The van der Waals surface area contributed by atoms with Crippen molar-refractivity contribution in [3.05, 3.63) is 50.7 Å². The summed E-state index contributed by atoms with van der Waals surface area (Å²) >= 11 is 1.57. The number of hydrogen-bond acceptors (Lipinski definition) is 6. The second-order valence-electron chi connectivity index (χ2n) is 4.34. The molecule has 3 aromatic heterocycles. The molecule has 0 fully saturated rings. The van der Waals surface area contributed by atoms with Crippen LogP contribution < -0.4 is 5.76 Å². The molecule has 20 heavy (non-hydrogen) atoms. The van der Waals surface area contributed by atoms with Gasteiger partial charge in [-0.2, -0.15) is 0 Å². The third-order valence-corrected chi connectivity index (χ3v) is 3.96. The van der Waals surface area contributed by atoms with E-state index in [9.17, 15) is 4.79 Å². The topological polar surface area (TPSA) is 73.8 Å². The van der Waals surface area contributed by atoms with E-state index in [0.29, 0.717) is 12.4 Å². The third-order valence-electron chi connectivity index (χ3n) is 2.91. The molecular weight excluding hydrogens is 276 g/mol. The average Bonchev–Trinajstić information content (AvgIpc) is 2.95. The summed E-state index contributed by atoms with van der Waals surface area (Å²) in [5.74, 6) is 0.00265. The van der Waals surface area contributed by atoms with Gasteiger partial charge in [0.25, 0.3) is 0 Å². The van der Waals surface area contributed by atoms with Crippen molar-refractivity contribution >= 4 is 11.3 Å². The van der Waals surface area contributed by atoms with Crippen molar-refractivity contribution in [1.82, 2.24) is 19.7 Å². The molecule has 0 saturated heterocycles. The molecule has 0 unspecified atom stereocenters. The summed E-state index contributed by atoms with van der Waals surface area (Å²) in [4.78, 5) is 21.3. The number of aryl methyl sites for hydroxylation is 2. The van der Waals surface area contributed by atoms with Gasteiger partial charge in [-0.25, -0.2) is 9.78 Å². The third kappa shape index (κ3) is 2.27. The molecule has 0 aliphatic carbocycles. The van der Waals surface area contributed by atoms with E-state index in [2.05, 4.69) is 15.1 Å². The molecule has 0 N–H and O–H groups in total. The van der Waals surface area contributed by atoms with Crippen LogP contribution in [0.2, 0.25) is 0 Å². The number of rotatable bonds is 3. The molecule has 0 saturated carbocycles. The van der Waals surface area contributed by atoms with Crippen LogP contribution in [-0.2, 0) is 6.54 Å². The molecular formula is C13H12N4O2S. The molecule has 7 heteroatoms. The maximum absolute atomic E-state index is 11.8. The number of pyridine rings is 1. The second-order valence-corrected chi connectivity index (χ2v) is 5.63. The fourth-order valence-corrected chi connectivity index (χ4v) is 2.90. The molecule has 3 heterocycles. The van der Waals surface area contributed by atoms with E-state index in [1.165, 1.54) is 4.57 Å². The van der Waals surface area contributed by atoms with E-state index >= 15 is 0 Å². The Labute approximate surface area is 118 Å². The van der Waals surface area contributed by atoms with Crippen LogP contribution in [0, 0.1) is 13.8 Å². The van der Waals surface area contributed by atoms with Crippen LogP contribution in [0.4, 0.5) is 0 Å². The smallest absolute Gasteiger partial charge is 0.295 e. The van der Waals surface area contributed by atoms with Gasteiger partial charge in [0.2, 0.25) is 0 Å². The van der Waals surface area contributed by atoms with E-state index < -0.39 is 5.76 Å². The minimum absolute atomic E-state index is 0.407. The van der Waals surface area contributed by atoms with Crippen LogP contribution in [0.3, 0.4) is 0 Å². The summed E-state index contributed by atoms with van der Waals surface area (Å²) in [5.41, 5.74) is 1.68. The van der Waals surface area contributed by atoms with Crippen molar-refractivity contribution in [3.8, 4) is 11.4 Å². The van der Waals surface area contributed by atoms with Crippen LogP contribution in [0.1, 0.15) is 15.6 Å². The Morgan fingerprint density at radius 2 is 2.25 bits per heavy atom. The van der Waals surface area contributed by atoms with Gasteiger partial charge in [-0.3, -0.25) is 14.1 Å². The van der Waals surface area contributed by atoms with Crippen LogP contribution in [-0.4, -0.2) is 19.7 Å². The summed E-state index contributed by atoms with van der Waals surface area (Å²) in [7, 11) is 0. The lowest BCUT2D eigenvalue weighted by Gasteiger charge is -2.03. The lowest BCUT2D eigenvalue weighted by Crippen LogP contribution is -2.16. The zero-order chi connectivity index (χ0) is 14.1. The second kappa shape index (κ2) is 5.01. The Kier molecular flexibility index (Phi) is 3.19. The van der Waals surface area contributed by atoms with Gasteiger partial charge < -0.3 is 0 Å². The predicted octanol–water partition coefficient (Wildman–Crippen LogP) is 2.02. The maximum atomic E-state index is 11.8. The van der Waals surface area contributed by atoms with Crippen LogP contribution in [0.5, 0.6) is 0 Å². The monoisotopic (exact) mass is 288 g/mol. The molecule has 6 nitrogen and oxygen atoms in total. The van der Waals surface area contributed by atoms with Crippen LogP contribution in [0.25, 0.3) is 11.4 Å². The zero-order valence-electron chi connectivity index (χ0n) is 11.0. The van der Waals surface area contributed by atoms with Gasteiger partial charge >= 0.3 is 5.76 Å². The lowest BCUT2D eigenvalue weighted by molar-refractivity contribution is 0.378. The SMILES string of the molecule is Cc1nc(C)c(Cn2c(-c3cccnc3)noc2=O)s1. The van der Waals surface area contributed by atoms with Crippen LogP contribution in [0.15, 0.2) is 33.8 Å². The van der Waals surface area contributed by atoms with Crippen molar-refractivity contribution in [2.75, 3.05) is 0 Å². The largest absolute Gasteiger partial charge is 0.442 e. The van der Waals surface area contributed by atoms with E-state index in [-0.39, 0.29) is 0 Å².